The third-order valence-electron chi connectivity index (χ3n) is 2.67. The first-order valence-electron chi connectivity index (χ1n) is 5.41. The van der Waals surface area contributed by atoms with Gasteiger partial charge in [0.05, 0.1) is 0 Å². The quantitative estimate of drug-likeness (QED) is 0.759. The second-order valence-corrected chi connectivity index (χ2v) is 3.77. The molecule has 1 aromatic heterocycles. The molecule has 1 saturated heterocycles. The summed E-state index contributed by atoms with van der Waals surface area (Å²) in [6.45, 7) is 4.63. The van der Waals surface area contributed by atoms with E-state index < -0.39 is 0 Å². The summed E-state index contributed by atoms with van der Waals surface area (Å²) in [5, 5.41) is 3.26. The summed E-state index contributed by atoms with van der Waals surface area (Å²) < 4.78 is 0. The van der Waals surface area contributed by atoms with Crippen LogP contribution in [0.1, 0.15) is 19.3 Å². The minimum atomic E-state index is 0.877. The van der Waals surface area contributed by atoms with Crippen LogP contribution in [0.4, 0.5) is 5.95 Å². The molecule has 2 heterocycles. The fourth-order valence-corrected chi connectivity index (χ4v) is 1.88. The van der Waals surface area contributed by atoms with Crippen LogP contribution in [0.2, 0.25) is 0 Å². The first kappa shape index (κ1) is 9.52. The summed E-state index contributed by atoms with van der Waals surface area (Å²) in [6.07, 6.45) is 7.73. The molecule has 0 atom stereocenters. The fourth-order valence-electron chi connectivity index (χ4n) is 1.88. The van der Waals surface area contributed by atoms with Crippen molar-refractivity contribution in [3.8, 4) is 0 Å². The second kappa shape index (κ2) is 5.00. The number of imidazole rings is 1. The number of anilines is 1. The Bertz CT molecular complexity index is 239. The Morgan fingerprint density at radius 1 is 1.36 bits per heavy atom. The average molecular weight is 194 g/mol. The van der Waals surface area contributed by atoms with Crippen LogP contribution in [-0.4, -0.2) is 41.0 Å². The van der Waals surface area contributed by atoms with E-state index >= 15 is 0 Å². The van der Waals surface area contributed by atoms with Crippen LogP contribution >= 0.6 is 0 Å². The van der Waals surface area contributed by atoms with E-state index in [1.807, 2.05) is 6.20 Å². The van der Waals surface area contributed by atoms with Gasteiger partial charge in [0.15, 0.2) is 5.95 Å². The molecule has 0 unspecified atom stereocenters. The maximum Gasteiger partial charge on any atom is 0.200 e. The van der Waals surface area contributed by atoms with Crippen molar-refractivity contribution < 1.29 is 0 Å². The number of nitrogens with one attached hydrogen (secondary N) is 2. The van der Waals surface area contributed by atoms with E-state index in [9.17, 15) is 0 Å². The van der Waals surface area contributed by atoms with E-state index in [-0.39, 0.29) is 0 Å². The third kappa shape index (κ3) is 2.73. The highest BCUT2D eigenvalue weighted by Gasteiger charge is 2.08. The lowest BCUT2D eigenvalue weighted by Crippen LogP contribution is -2.33. The van der Waals surface area contributed by atoms with Gasteiger partial charge in [-0.25, -0.2) is 4.98 Å². The zero-order valence-corrected chi connectivity index (χ0v) is 8.50. The number of aromatic nitrogens is 2. The Morgan fingerprint density at radius 3 is 2.93 bits per heavy atom. The number of aromatic amines is 1. The molecule has 0 radical (unpaired) electrons. The maximum absolute atomic E-state index is 4.11. The van der Waals surface area contributed by atoms with E-state index in [2.05, 4.69) is 20.2 Å². The summed E-state index contributed by atoms with van der Waals surface area (Å²) in [7, 11) is 0. The SMILES string of the molecule is c1c[nH]c(NCCN2CCCCC2)n1. The van der Waals surface area contributed by atoms with Gasteiger partial charge in [0.1, 0.15) is 0 Å². The molecule has 14 heavy (non-hydrogen) atoms. The number of hydrogen-bond acceptors (Lipinski definition) is 3. The van der Waals surface area contributed by atoms with Gasteiger partial charge in [-0.05, 0) is 25.9 Å². The molecule has 4 heteroatoms. The standard InChI is InChI=1S/C10H18N4/c1-2-7-14(8-3-1)9-6-13-10-11-4-5-12-10/h4-5H,1-3,6-9H2,(H2,11,12,13). The lowest BCUT2D eigenvalue weighted by molar-refractivity contribution is 0.237. The van der Waals surface area contributed by atoms with Crippen LogP contribution in [0.15, 0.2) is 12.4 Å². The molecule has 0 amide bonds. The number of likely N-dealkylation sites (tertiary alicyclic amines) is 1. The molecule has 0 saturated carbocycles. The molecule has 2 N–H and O–H groups in total. The molecule has 0 aromatic carbocycles. The third-order valence-corrected chi connectivity index (χ3v) is 2.67. The summed E-state index contributed by atoms with van der Waals surface area (Å²) in [5.74, 6) is 0.877. The first-order valence-corrected chi connectivity index (χ1v) is 5.41. The topological polar surface area (TPSA) is 44.0 Å². The number of H-pyrrole nitrogens is 1. The number of piperidine rings is 1. The van der Waals surface area contributed by atoms with Crippen molar-refractivity contribution in [2.75, 3.05) is 31.5 Å². The normalized spacial score (nSPS) is 18.3. The van der Waals surface area contributed by atoms with Crippen molar-refractivity contribution in [2.24, 2.45) is 0 Å². The molecule has 1 fully saturated rings. The Hall–Kier alpha value is -1.03. The smallest absolute Gasteiger partial charge is 0.200 e. The summed E-state index contributed by atoms with van der Waals surface area (Å²) in [4.78, 5) is 9.66. The molecule has 0 spiro atoms. The minimum Gasteiger partial charge on any atom is -0.355 e. The zero-order chi connectivity index (χ0) is 9.64. The summed E-state index contributed by atoms with van der Waals surface area (Å²) >= 11 is 0. The van der Waals surface area contributed by atoms with Crippen LogP contribution in [0, 0.1) is 0 Å². The van der Waals surface area contributed by atoms with Crippen molar-refractivity contribution in [1.29, 1.82) is 0 Å². The van der Waals surface area contributed by atoms with E-state index in [0.717, 1.165) is 19.0 Å². The van der Waals surface area contributed by atoms with E-state index in [1.165, 1.54) is 32.4 Å². The van der Waals surface area contributed by atoms with Crippen LogP contribution in [0.25, 0.3) is 0 Å². The molecular weight excluding hydrogens is 176 g/mol. The molecule has 1 aliphatic heterocycles. The molecule has 0 bridgehead atoms. The Balaban J connectivity index is 1.62. The Kier molecular flexibility index (Phi) is 3.40. The van der Waals surface area contributed by atoms with Crippen LogP contribution in [-0.2, 0) is 0 Å². The highest BCUT2D eigenvalue weighted by Crippen LogP contribution is 2.07. The number of hydrogen-bond donors (Lipinski definition) is 2. The first-order chi connectivity index (χ1) is 6.95. The predicted molar refractivity (Wildman–Crippen MR) is 57.4 cm³/mol. The van der Waals surface area contributed by atoms with Crippen molar-refractivity contribution >= 4 is 5.95 Å². The van der Waals surface area contributed by atoms with E-state index in [1.54, 1.807) is 6.20 Å². The Morgan fingerprint density at radius 2 is 2.21 bits per heavy atom. The predicted octanol–water partition coefficient (Wildman–Crippen LogP) is 1.31. The van der Waals surface area contributed by atoms with Crippen LogP contribution in [0.3, 0.4) is 0 Å². The van der Waals surface area contributed by atoms with Crippen molar-refractivity contribution in [3.05, 3.63) is 12.4 Å². The molecule has 1 aromatic rings. The Labute approximate surface area is 84.7 Å². The minimum absolute atomic E-state index is 0.877. The zero-order valence-electron chi connectivity index (χ0n) is 8.50. The molecule has 78 valence electrons. The highest BCUT2D eigenvalue weighted by molar-refractivity contribution is 5.22. The molecular formula is C10H18N4. The largest absolute Gasteiger partial charge is 0.355 e. The van der Waals surface area contributed by atoms with Gasteiger partial charge >= 0.3 is 0 Å². The van der Waals surface area contributed by atoms with E-state index in [4.69, 9.17) is 0 Å². The fraction of sp³-hybridized carbons (Fsp3) is 0.700. The van der Waals surface area contributed by atoms with Crippen molar-refractivity contribution in [1.82, 2.24) is 14.9 Å². The maximum atomic E-state index is 4.11. The lowest BCUT2D eigenvalue weighted by atomic mass is 10.1. The monoisotopic (exact) mass is 194 g/mol. The van der Waals surface area contributed by atoms with Crippen LogP contribution in [0.5, 0.6) is 0 Å². The van der Waals surface area contributed by atoms with Gasteiger partial charge in [-0.3, -0.25) is 0 Å². The van der Waals surface area contributed by atoms with Gasteiger partial charge in [0, 0.05) is 25.5 Å². The van der Waals surface area contributed by atoms with Gasteiger partial charge in [0.2, 0.25) is 0 Å². The number of nitrogens with zero attached hydrogens (tertiary/aromatic N) is 2. The van der Waals surface area contributed by atoms with Gasteiger partial charge in [-0.2, -0.15) is 0 Å². The van der Waals surface area contributed by atoms with Crippen LogP contribution < -0.4 is 5.32 Å². The highest BCUT2D eigenvalue weighted by atomic mass is 15.2. The molecule has 0 aliphatic carbocycles. The van der Waals surface area contributed by atoms with Gasteiger partial charge < -0.3 is 15.2 Å². The average Bonchev–Trinajstić information content (AvgIpc) is 2.72. The molecule has 4 nitrogen and oxygen atoms in total. The second-order valence-electron chi connectivity index (χ2n) is 3.77. The van der Waals surface area contributed by atoms with Gasteiger partial charge in [-0.15, -0.1) is 0 Å². The lowest BCUT2D eigenvalue weighted by Gasteiger charge is -2.26. The molecule has 2 rings (SSSR count). The summed E-state index contributed by atoms with van der Waals surface area (Å²) in [5.41, 5.74) is 0. The summed E-state index contributed by atoms with van der Waals surface area (Å²) in [6, 6.07) is 0. The molecule has 1 aliphatic rings. The van der Waals surface area contributed by atoms with Crippen molar-refractivity contribution in [2.45, 2.75) is 19.3 Å². The number of rotatable bonds is 4. The van der Waals surface area contributed by atoms with Gasteiger partial charge in [-0.1, -0.05) is 6.42 Å². The van der Waals surface area contributed by atoms with Crippen molar-refractivity contribution in [3.63, 3.8) is 0 Å². The van der Waals surface area contributed by atoms with E-state index in [0.29, 0.717) is 0 Å². The van der Waals surface area contributed by atoms with Gasteiger partial charge in [0.25, 0.3) is 0 Å².